The molecule has 0 saturated carbocycles. The lowest BCUT2D eigenvalue weighted by Gasteiger charge is -2.27. The van der Waals surface area contributed by atoms with Gasteiger partial charge in [-0.3, -0.25) is 0 Å². The molecule has 4 heteroatoms. The van der Waals surface area contributed by atoms with Gasteiger partial charge in [-0.15, -0.1) is 0 Å². The van der Waals surface area contributed by atoms with E-state index in [4.69, 9.17) is 8.83 Å². The van der Waals surface area contributed by atoms with Gasteiger partial charge in [-0.25, -0.2) is 4.57 Å². The maximum Gasteiger partial charge on any atom is 0.298 e. The van der Waals surface area contributed by atoms with Gasteiger partial charge in [0, 0.05) is 26.6 Å². The average Bonchev–Trinajstić information content (AvgIpc) is 3.39. The number of furan rings is 2. The van der Waals surface area contributed by atoms with E-state index in [0.717, 1.165) is 28.2 Å². The van der Waals surface area contributed by atoms with Crippen LogP contribution in [0.25, 0.3) is 54.9 Å². The molecule has 3 aromatic heterocycles. The number of aryl methyl sites for hydroxylation is 2. The summed E-state index contributed by atoms with van der Waals surface area (Å²) >= 11 is 1.92. The second kappa shape index (κ2) is 6.67. The molecule has 34 heavy (non-hydrogen) atoms. The van der Waals surface area contributed by atoms with Gasteiger partial charge in [0.25, 0.3) is 5.78 Å². The molecule has 4 heterocycles. The summed E-state index contributed by atoms with van der Waals surface area (Å²) in [6, 6.07) is 15.4. The van der Waals surface area contributed by atoms with Gasteiger partial charge in [-0.05, 0) is 52.8 Å². The van der Waals surface area contributed by atoms with Crippen LogP contribution < -0.4 is 4.57 Å². The van der Waals surface area contributed by atoms with Gasteiger partial charge in [-0.1, -0.05) is 56.8 Å². The van der Waals surface area contributed by atoms with Gasteiger partial charge in [0.1, 0.15) is 12.6 Å². The van der Waals surface area contributed by atoms with E-state index in [1.165, 1.54) is 48.3 Å². The highest BCUT2D eigenvalue weighted by Crippen LogP contribution is 2.54. The fourth-order valence-electron chi connectivity index (χ4n) is 5.72. The fraction of sp³-hybridized carbons (Fsp3) is 0.233. The summed E-state index contributed by atoms with van der Waals surface area (Å²) in [6.45, 7) is 9.29. The van der Waals surface area contributed by atoms with Crippen LogP contribution >= 0.6 is 11.8 Å². The Morgan fingerprint density at radius 1 is 0.941 bits per heavy atom. The first-order chi connectivity index (χ1) is 16.3. The van der Waals surface area contributed by atoms with Crippen LogP contribution in [-0.4, -0.2) is 0 Å². The zero-order valence-corrected chi connectivity index (χ0v) is 20.9. The van der Waals surface area contributed by atoms with Crippen LogP contribution in [0.3, 0.4) is 0 Å². The molecule has 0 radical (unpaired) electrons. The summed E-state index contributed by atoms with van der Waals surface area (Å²) in [7, 11) is 2.16. The third-order valence-corrected chi connectivity index (χ3v) is 8.33. The minimum atomic E-state index is 0.179. The number of fused-ring (bicyclic) bond motifs is 7. The molecule has 0 N–H and O–H groups in total. The van der Waals surface area contributed by atoms with Crippen molar-refractivity contribution in [1.29, 1.82) is 0 Å². The minimum Gasteiger partial charge on any atom is -0.433 e. The SMILES string of the molecule is Cc1c2c(c(CC(C)(C)C)c3ccccc13)Sc1cc3c4ccoc4oc3c3cc[n+](C)c-2c13. The number of benzene rings is 3. The van der Waals surface area contributed by atoms with Crippen LogP contribution in [0.5, 0.6) is 0 Å². The summed E-state index contributed by atoms with van der Waals surface area (Å²) in [5, 5.41) is 7.30. The molecular formula is C30H26NO2S+. The van der Waals surface area contributed by atoms with Crippen molar-refractivity contribution < 1.29 is 13.4 Å². The van der Waals surface area contributed by atoms with Crippen molar-refractivity contribution in [2.75, 3.05) is 0 Å². The van der Waals surface area contributed by atoms with E-state index >= 15 is 0 Å². The van der Waals surface area contributed by atoms with E-state index in [1.54, 1.807) is 6.26 Å². The number of hydrogen-bond donors (Lipinski definition) is 0. The largest absolute Gasteiger partial charge is 0.433 e. The lowest BCUT2D eigenvalue weighted by Crippen LogP contribution is -2.32. The first kappa shape index (κ1) is 20.2. The van der Waals surface area contributed by atoms with Gasteiger partial charge in [0.05, 0.1) is 22.6 Å². The van der Waals surface area contributed by atoms with E-state index in [9.17, 15) is 0 Å². The van der Waals surface area contributed by atoms with Crippen molar-refractivity contribution in [2.24, 2.45) is 12.5 Å². The lowest BCUT2D eigenvalue weighted by molar-refractivity contribution is -0.659. The number of pyridine rings is 1. The second-order valence-electron chi connectivity index (χ2n) is 10.7. The summed E-state index contributed by atoms with van der Waals surface area (Å²) in [6.07, 6.45) is 4.90. The smallest absolute Gasteiger partial charge is 0.298 e. The van der Waals surface area contributed by atoms with Crippen LogP contribution in [-0.2, 0) is 13.5 Å². The van der Waals surface area contributed by atoms with Crippen molar-refractivity contribution in [3.63, 3.8) is 0 Å². The molecule has 0 fully saturated rings. The zero-order valence-electron chi connectivity index (χ0n) is 20.1. The number of hydrogen-bond acceptors (Lipinski definition) is 3. The molecule has 0 atom stereocenters. The minimum absolute atomic E-state index is 0.179. The Balaban J connectivity index is 1.68. The molecule has 0 saturated heterocycles. The maximum atomic E-state index is 6.22. The Hall–Kier alpha value is -3.24. The van der Waals surface area contributed by atoms with Gasteiger partial charge in [0.2, 0.25) is 5.69 Å². The Morgan fingerprint density at radius 2 is 1.74 bits per heavy atom. The standard InChI is InChI=1S/C30H26NO2S/c1-16-17-8-6-7-9-18(17)22(15-30(2,3)4)28-24(16)26-25-20(10-12-31(26)5)27-21(14-23(25)34-28)19-11-13-32-29(19)33-27/h6-14H,15H2,1-5H3/q+1. The predicted molar refractivity (Wildman–Crippen MR) is 140 cm³/mol. The van der Waals surface area contributed by atoms with Gasteiger partial charge in [0.15, 0.2) is 6.20 Å². The molecule has 0 amide bonds. The van der Waals surface area contributed by atoms with Crippen LogP contribution in [0, 0.1) is 12.3 Å². The quantitative estimate of drug-likeness (QED) is 0.229. The van der Waals surface area contributed by atoms with E-state index in [1.807, 2.05) is 17.8 Å². The van der Waals surface area contributed by atoms with Crippen molar-refractivity contribution in [3.8, 4) is 11.3 Å². The summed E-state index contributed by atoms with van der Waals surface area (Å²) in [4.78, 5) is 2.68. The Morgan fingerprint density at radius 3 is 2.53 bits per heavy atom. The van der Waals surface area contributed by atoms with Gasteiger partial charge >= 0.3 is 0 Å². The summed E-state index contributed by atoms with van der Waals surface area (Å²) < 4.78 is 14.1. The molecule has 1 aliphatic rings. The molecule has 6 aromatic rings. The van der Waals surface area contributed by atoms with Crippen LogP contribution in [0.4, 0.5) is 0 Å². The Bertz CT molecular complexity index is 1810. The van der Waals surface area contributed by atoms with Crippen molar-refractivity contribution in [1.82, 2.24) is 0 Å². The maximum absolute atomic E-state index is 6.22. The molecule has 1 aliphatic heterocycles. The number of aromatic nitrogens is 1. The van der Waals surface area contributed by atoms with E-state index in [-0.39, 0.29) is 5.41 Å². The highest BCUT2D eigenvalue weighted by Gasteiger charge is 2.34. The average molecular weight is 465 g/mol. The first-order valence-electron chi connectivity index (χ1n) is 11.8. The van der Waals surface area contributed by atoms with Crippen molar-refractivity contribution in [3.05, 3.63) is 66.1 Å². The first-order valence-corrected chi connectivity index (χ1v) is 12.6. The lowest BCUT2D eigenvalue weighted by atomic mass is 9.83. The van der Waals surface area contributed by atoms with Crippen molar-refractivity contribution in [2.45, 2.75) is 43.9 Å². The Labute approximate surface area is 202 Å². The molecule has 3 aromatic carbocycles. The third kappa shape index (κ3) is 2.63. The zero-order chi connectivity index (χ0) is 23.4. The van der Waals surface area contributed by atoms with Gasteiger partial charge in [-0.2, -0.15) is 0 Å². The monoisotopic (exact) mass is 464 g/mol. The fourth-order valence-corrected chi connectivity index (χ4v) is 7.09. The molecule has 168 valence electrons. The summed E-state index contributed by atoms with van der Waals surface area (Å²) in [5.74, 6) is 0.598. The molecule has 0 aliphatic carbocycles. The van der Waals surface area contributed by atoms with Gasteiger partial charge < -0.3 is 8.83 Å². The van der Waals surface area contributed by atoms with E-state index < -0.39 is 0 Å². The normalized spacial score (nSPS) is 13.4. The topological polar surface area (TPSA) is 30.2 Å². The summed E-state index contributed by atoms with van der Waals surface area (Å²) in [5.41, 5.74) is 6.52. The molecule has 7 rings (SSSR count). The Kier molecular flexibility index (Phi) is 3.95. The highest BCUT2D eigenvalue weighted by atomic mass is 32.2. The second-order valence-corrected chi connectivity index (χ2v) is 11.8. The molecule has 0 spiro atoms. The van der Waals surface area contributed by atoms with Crippen LogP contribution in [0.15, 0.2) is 73.5 Å². The number of rotatable bonds is 1. The number of nitrogens with zero attached hydrogens (tertiary/aromatic N) is 1. The van der Waals surface area contributed by atoms with E-state index in [0.29, 0.717) is 5.78 Å². The molecule has 0 bridgehead atoms. The van der Waals surface area contributed by atoms with E-state index in [2.05, 4.69) is 81.9 Å². The third-order valence-electron chi connectivity index (χ3n) is 7.14. The van der Waals surface area contributed by atoms with Crippen LogP contribution in [0.2, 0.25) is 0 Å². The van der Waals surface area contributed by atoms with Crippen molar-refractivity contribution >= 4 is 55.4 Å². The molecule has 3 nitrogen and oxygen atoms in total. The predicted octanol–water partition coefficient (Wildman–Crippen LogP) is 8.34. The molecular weight excluding hydrogens is 438 g/mol. The van der Waals surface area contributed by atoms with Crippen LogP contribution in [0.1, 0.15) is 31.9 Å². The highest BCUT2D eigenvalue weighted by molar-refractivity contribution is 8.00. The molecule has 0 unspecified atom stereocenters.